The van der Waals surface area contributed by atoms with Crippen molar-refractivity contribution >= 4 is 11.7 Å². The Morgan fingerprint density at radius 2 is 1.03 bits per heavy atom. The highest BCUT2D eigenvalue weighted by molar-refractivity contribution is 5.87. The van der Waals surface area contributed by atoms with Gasteiger partial charge in [0.15, 0.2) is 0 Å². The summed E-state index contributed by atoms with van der Waals surface area (Å²) in [6, 6.07) is 6.87. The average molecular weight is 458 g/mol. The molecule has 0 aromatic heterocycles. The Labute approximate surface area is 192 Å². The van der Waals surface area contributed by atoms with E-state index in [1.54, 1.807) is 12.1 Å². The number of aromatic carboxylic acids is 1. The summed E-state index contributed by atoms with van der Waals surface area (Å²) in [6.07, 6.45) is 13.4. The molecule has 0 atom stereocenters. The maximum Gasteiger partial charge on any atom is 0.389 e. The molecule has 0 radical (unpaired) electrons. The number of hydrogen-bond donors (Lipinski definition) is 2. The van der Waals surface area contributed by atoms with E-state index in [1.807, 2.05) is 12.1 Å². The van der Waals surface area contributed by atoms with Crippen molar-refractivity contribution in [2.75, 3.05) is 11.9 Å². The van der Waals surface area contributed by atoms with E-state index in [9.17, 15) is 18.0 Å². The van der Waals surface area contributed by atoms with Gasteiger partial charge in [-0.25, -0.2) is 4.79 Å². The van der Waals surface area contributed by atoms with E-state index >= 15 is 0 Å². The van der Waals surface area contributed by atoms with Crippen molar-refractivity contribution < 1.29 is 23.1 Å². The molecule has 3 nitrogen and oxygen atoms in total. The zero-order chi connectivity index (χ0) is 23.5. The van der Waals surface area contributed by atoms with Crippen molar-refractivity contribution in [1.82, 2.24) is 0 Å². The molecule has 1 rings (SSSR count). The quantitative estimate of drug-likeness (QED) is 0.192. The van der Waals surface area contributed by atoms with E-state index < -0.39 is 18.6 Å². The SMILES string of the molecule is O=C(O)c1ccc(NCCCCCCCCCCCCCCCCCCC(F)(F)F)cc1. The first-order valence-corrected chi connectivity index (χ1v) is 12.5. The van der Waals surface area contributed by atoms with Gasteiger partial charge in [0, 0.05) is 18.7 Å². The monoisotopic (exact) mass is 457 g/mol. The van der Waals surface area contributed by atoms with Gasteiger partial charge in [-0.3, -0.25) is 0 Å². The maximum atomic E-state index is 12.0. The van der Waals surface area contributed by atoms with Gasteiger partial charge in [-0.15, -0.1) is 0 Å². The smallest absolute Gasteiger partial charge is 0.389 e. The molecule has 0 fully saturated rings. The third kappa shape index (κ3) is 16.9. The lowest BCUT2D eigenvalue weighted by molar-refractivity contribution is -0.135. The van der Waals surface area contributed by atoms with Crippen LogP contribution in [0.4, 0.5) is 18.9 Å². The number of nitrogens with one attached hydrogen (secondary N) is 1. The molecule has 1 aromatic rings. The second kappa shape index (κ2) is 17.8. The van der Waals surface area contributed by atoms with Crippen LogP contribution >= 0.6 is 0 Å². The minimum Gasteiger partial charge on any atom is -0.478 e. The lowest BCUT2D eigenvalue weighted by atomic mass is 10.0. The summed E-state index contributed by atoms with van der Waals surface area (Å²) in [6.45, 7) is 0.917. The van der Waals surface area contributed by atoms with E-state index in [0.717, 1.165) is 37.9 Å². The molecule has 184 valence electrons. The van der Waals surface area contributed by atoms with Crippen LogP contribution in [0.3, 0.4) is 0 Å². The summed E-state index contributed by atoms with van der Waals surface area (Å²) in [5.74, 6) is -0.898. The third-order valence-electron chi connectivity index (χ3n) is 5.85. The molecule has 0 amide bonds. The lowest BCUT2D eigenvalue weighted by Crippen LogP contribution is -2.06. The number of carboxylic acid groups (broad SMARTS) is 1. The Bertz CT molecular complexity index is 588. The van der Waals surface area contributed by atoms with E-state index in [0.29, 0.717) is 12.0 Å². The van der Waals surface area contributed by atoms with Crippen LogP contribution in [-0.4, -0.2) is 23.8 Å². The number of hydrogen-bond acceptors (Lipinski definition) is 2. The van der Waals surface area contributed by atoms with Gasteiger partial charge >= 0.3 is 12.1 Å². The normalized spacial score (nSPS) is 11.6. The molecule has 0 heterocycles. The fourth-order valence-corrected chi connectivity index (χ4v) is 3.89. The Hall–Kier alpha value is -1.72. The number of benzene rings is 1. The molecular formula is C26H42F3NO2. The Balaban J connectivity index is 1.76. The van der Waals surface area contributed by atoms with Gasteiger partial charge in [0.2, 0.25) is 0 Å². The molecule has 2 N–H and O–H groups in total. The van der Waals surface area contributed by atoms with Crippen LogP contribution in [0.15, 0.2) is 24.3 Å². The van der Waals surface area contributed by atoms with Crippen LogP contribution < -0.4 is 5.32 Å². The first-order chi connectivity index (χ1) is 15.4. The minimum atomic E-state index is -3.99. The molecule has 0 bridgehead atoms. The van der Waals surface area contributed by atoms with Crippen molar-refractivity contribution in [2.24, 2.45) is 0 Å². The van der Waals surface area contributed by atoms with E-state index in [-0.39, 0.29) is 6.42 Å². The molecule has 0 spiro atoms. The maximum absolute atomic E-state index is 12.0. The minimum absolute atomic E-state index is 0.283. The van der Waals surface area contributed by atoms with Gasteiger partial charge in [-0.05, 0) is 37.1 Å². The first kappa shape index (κ1) is 28.3. The topological polar surface area (TPSA) is 49.3 Å². The molecule has 0 aliphatic carbocycles. The highest BCUT2D eigenvalue weighted by Gasteiger charge is 2.25. The summed E-state index contributed by atoms with van der Waals surface area (Å²) in [4.78, 5) is 10.8. The number of anilines is 1. The average Bonchev–Trinajstić information content (AvgIpc) is 2.75. The standard InChI is InChI=1S/C26H42F3NO2/c27-26(28,29)21-15-13-11-9-7-5-3-1-2-4-6-8-10-12-14-16-22-30-24-19-17-23(18-20-24)25(31)32/h17-20,30H,1-16,21-22H2,(H,31,32). The number of carbonyl (C=O) groups is 1. The Kier molecular flexibility index (Phi) is 15.7. The molecule has 0 unspecified atom stereocenters. The van der Waals surface area contributed by atoms with Crippen LogP contribution in [0.1, 0.15) is 120 Å². The van der Waals surface area contributed by atoms with Crippen molar-refractivity contribution in [3.05, 3.63) is 29.8 Å². The number of halogens is 3. The molecule has 1 aromatic carbocycles. The second-order valence-corrected chi connectivity index (χ2v) is 8.83. The van der Waals surface area contributed by atoms with Gasteiger partial charge < -0.3 is 10.4 Å². The van der Waals surface area contributed by atoms with Crippen LogP contribution in [0.2, 0.25) is 0 Å². The van der Waals surface area contributed by atoms with Gasteiger partial charge in [0.1, 0.15) is 0 Å². The van der Waals surface area contributed by atoms with Gasteiger partial charge in [0.25, 0.3) is 0 Å². The van der Waals surface area contributed by atoms with E-state index in [2.05, 4.69) is 5.32 Å². The number of carboxylic acids is 1. The van der Waals surface area contributed by atoms with Crippen LogP contribution in [-0.2, 0) is 0 Å². The summed E-state index contributed by atoms with van der Waals surface area (Å²) in [5, 5.41) is 12.2. The molecule has 6 heteroatoms. The van der Waals surface area contributed by atoms with Crippen molar-refractivity contribution in [3.8, 4) is 0 Å². The molecule has 0 saturated carbocycles. The predicted molar refractivity (Wildman–Crippen MR) is 126 cm³/mol. The Morgan fingerprint density at radius 3 is 1.41 bits per heavy atom. The van der Waals surface area contributed by atoms with Gasteiger partial charge in [-0.1, -0.05) is 89.9 Å². The molecule has 0 saturated heterocycles. The molecule has 0 aliphatic rings. The van der Waals surface area contributed by atoms with Gasteiger partial charge in [0.05, 0.1) is 5.56 Å². The number of unbranched alkanes of at least 4 members (excludes halogenated alkanes) is 15. The molecular weight excluding hydrogens is 415 g/mol. The van der Waals surface area contributed by atoms with Crippen LogP contribution in [0.5, 0.6) is 0 Å². The van der Waals surface area contributed by atoms with Crippen molar-refractivity contribution in [1.29, 1.82) is 0 Å². The fraction of sp³-hybridized carbons (Fsp3) is 0.731. The van der Waals surface area contributed by atoms with Crippen LogP contribution in [0, 0.1) is 0 Å². The molecule has 32 heavy (non-hydrogen) atoms. The zero-order valence-corrected chi connectivity index (χ0v) is 19.5. The zero-order valence-electron chi connectivity index (χ0n) is 19.5. The number of rotatable bonds is 20. The van der Waals surface area contributed by atoms with Crippen molar-refractivity contribution in [2.45, 2.75) is 115 Å². The summed E-state index contributed by atoms with van der Waals surface area (Å²) >= 11 is 0. The third-order valence-corrected chi connectivity index (χ3v) is 5.85. The van der Waals surface area contributed by atoms with Crippen molar-refractivity contribution in [3.63, 3.8) is 0 Å². The predicted octanol–water partition coefficient (Wildman–Crippen LogP) is 8.99. The van der Waals surface area contributed by atoms with E-state index in [1.165, 1.54) is 64.2 Å². The first-order valence-electron chi connectivity index (χ1n) is 12.5. The lowest BCUT2D eigenvalue weighted by Gasteiger charge is -2.07. The van der Waals surface area contributed by atoms with E-state index in [4.69, 9.17) is 5.11 Å². The summed E-state index contributed by atoms with van der Waals surface area (Å²) in [5.41, 5.74) is 1.28. The Morgan fingerprint density at radius 1 is 0.656 bits per heavy atom. The number of alkyl halides is 3. The highest BCUT2D eigenvalue weighted by atomic mass is 19.4. The largest absolute Gasteiger partial charge is 0.478 e. The summed E-state index contributed by atoms with van der Waals surface area (Å²) in [7, 11) is 0. The molecule has 0 aliphatic heterocycles. The summed E-state index contributed by atoms with van der Waals surface area (Å²) < 4.78 is 36.1. The second-order valence-electron chi connectivity index (χ2n) is 8.83. The highest BCUT2D eigenvalue weighted by Crippen LogP contribution is 2.23. The van der Waals surface area contributed by atoms with Crippen LogP contribution in [0.25, 0.3) is 0 Å². The fourth-order valence-electron chi connectivity index (χ4n) is 3.89. The van der Waals surface area contributed by atoms with Gasteiger partial charge in [-0.2, -0.15) is 13.2 Å².